The molecule has 0 aromatic carbocycles. The maximum absolute atomic E-state index is 13.4. The molecular formula is C15H17FN5O2Si. The molecule has 1 fully saturated rings. The van der Waals surface area contributed by atoms with Gasteiger partial charge in [-0.05, 0) is 18.4 Å². The normalized spacial score (nSPS) is 22.9. The molecular weight excluding hydrogens is 329 g/mol. The predicted octanol–water partition coefficient (Wildman–Crippen LogP) is -0.417. The molecule has 2 atom stereocenters. The third-order valence-corrected chi connectivity index (χ3v) is 4.57. The molecule has 3 radical (unpaired) electrons. The van der Waals surface area contributed by atoms with Crippen molar-refractivity contribution in [1.29, 1.82) is 0 Å². The van der Waals surface area contributed by atoms with E-state index >= 15 is 0 Å². The van der Waals surface area contributed by atoms with Crippen LogP contribution in [0.5, 0.6) is 0 Å². The number of amides is 2. The summed E-state index contributed by atoms with van der Waals surface area (Å²) in [6, 6.07) is -0.645. The molecule has 0 aliphatic carbocycles. The van der Waals surface area contributed by atoms with Crippen LogP contribution in [0.4, 0.5) is 10.2 Å². The van der Waals surface area contributed by atoms with E-state index in [9.17, 15) is 14.0 Å². The van der Waals surface area contributed by atoms with Crippen molar-refractivity contribution in [1.82, 2.24) is 14.7 Å². The Balaban J connectivity index is 2.55. The molecule has 1 aliphatic heterocycles. The number of alkyl halides is 1. The van der Waals surface area contributed by atoms with Gasteiger partial charge in [-0.15, -0.1) is 6.42 Å². The van der Waals surface area contributed by atoms with Crippen molar-refractivity contribution >= 4 is 27.9 Å². The Labute approximate surface area is 142 Å². The molecule has 0 spiro atoms. The van der Waals surface area contributed by atoms with Crippen LogP contribution in [0.1, 0.15) is 22.5 Å². The maximum atomic E-state index is 13.4. The zero-order chi connectivity index (χ0) is 18.1. The molecule has 2 heterocycles. The van der Waals surface area contributed by atoms with Gasteiger partial charge in [0, 0.05) is 13.6 Å². The third kappa shape index (κ3) is 2.69. The maximum Gasteiger partial charge on any atom is 0.255 e. The fourth-order valence-electron chi connectivity index (χ4n) is 2.93. The van der Waals surface area contributed by atoms with Gasteiger partial charge in [0.05, 0.1) is 21.4 Å². The first-order valence-corrected chi connectivity index (χ1v) is 7.64. The summed E-state index contributed by atoms with van der Waals surface area (Å²) in [5.74, 6) is 1.50. The van der Waals surface area contributed by atoms with E-state index < -0.39 is 23.8 Å². The second-order valence-corrected chi connectivity index (χ2v) is 6.39. The molecule has 1 saturated heterocycles. The van der Waals surface area contributed by atoms with Gasteiger partial charge in [-0.3, -0.25) is 9.59 Å². The molecule has 3 N–H and O–H groups in total. The molecule has 0 saturated carbocycles. The third-order valence-electron chi connectivity index (χ3n) is 3.99. The Bertz CT molecular complexity index is 741. The summed E-state index contributed by atoms with van der Waals surface area (Å²) < 4.78 is 14.8. The van der Waals surface area contributed by atoms with Crippen molar-refractivity contribution in [2.75, 3.05) is 25.6 Å². The van der Waals surface area contributed by atoms with E-state index in [-0.39, 0.29) is 30.1 Å². The quantitative estimate of drug-likeness (QED) is 0.430. The zero-order valence-electron chi connectivity index (χ0n) is 13.2. The number of primary amides is 1. The second-order valence-electron chi connectivity index (χ2n) is 5.46. The fourth-order valence-corrected chi connectivity index (χ4v) is 3.50. The number of nitrogens with two attached hydrogens (primary N) is 1. The van der Waals surface area contributed by atoms with Gasteiger partial charge in [0.15, 0.2) is 0 Å². The van der Waals surface area contributed by atoms with E-state index in [0.717, 1.165) is 6.08 Å². The summed E-state index contributed by atoms with van der Waals surface area (Å²) in [6.07, 6.45) is 6.77. The Kier molecular flexibility index (Phi) is 4.80. The van der Waals surface area contributed by atoms with Gasteiger partial charge in [-0.1, -0.05) is 6.58 Å². The van der Waals surface area contributed by atoms with E-state index in [1.165, 1.54) is 9.58 Å². The molecule has 24 heavy (non-hydrogen) atoms. The molecule has 1 aliphatic rings. The highest BCUT2D eigenvalue weighted by molar-refractivity contribution is 6.15. The number of aromatic nitrogens is 2. The van der Waals surface area contributed by atoms with Crippen molar-refractivity contribution < 1.29 is 14.0 Å². The molecule has 2 rings (SSSR count). The molecule has 1 aromatic heterocycles. The average Bonchev–Trinajstić information content (AvgIpc) is 3.12. The zero-order valence-corrected chi connectivity index (χ0v) is 14.2. The van der Waals surface area contributed by atoms with Crippen LogP contribution in [0.25, 0.3) is 0 Å². The van der Waals surface area contributed by atoms with Crippen LogP contribution in [0, 0.1) is 12.3 Å². The minimum Gasteiger partial charge on any atom is -0.373 e. The molecule has 2 amide bonds. The number of carbonyl (C=O) groups excluding carboxylic acids is 2. The van der Waals surface area contributed by atoms with Crippen LogP contribution >= 0.6 is 0 Å². The topological polar surface area (TPSA) is 93.2 Å². The van der Waals surface area contributed by atoms with Crippen molar-refractivity contribution in [2.45, 2.75) is 17.6 Å². The number of halogens is 1. The summed E-state index contributed by atoms with van der Waals surface area (Å²) in [7, 11) is 5.19. The summed E-state index contributed by atoms with van der Waals surface area (Å²) in [5, 5.41) is 6.16. The van der Waals surface area contributed by atoms with Crippen molar-refractivity contribution in [2.24, 2.45) is 5.73 Å². The van der Waals surface area contributed by atoms with E-state index in [1.54, 1.807) is 7.05 Å². The molecule has 1 unspecified atom stereocenters. The summed E-state index contributed by atoms with van der Waals surface area (Å²) in [4.78, 5) is 25.0. The van der Waals surface area contributed by atoms with Crippen LogP contribution in [-0.4, -0.2) is 63.0 Å². The van der Waals surface area contributed by atoms with Crippen molar-refractivity contribution in [3.63, 3.8) is 0 Å². The highest BCUT2D eigenvalue weighted by atomic mass is 28.1. The highest BCUT2D eigenvalue weighted by Crippen LogP contribution is 2.35. The van der Waals surface area contributed by atoms with Gasteiger partial charge in [-0.25, -0.2) is 9.07 Å². The Morgan fingerprint density at radius 1 is 1.71 bits per heavy atom. The van der Waals surface area contributed by atoms with E-state index in [0.29, 0.717) is 5.82 Å². The summed E-state index contributed by atoms with van der Waals surface area (Å²) in [5.41, 5.74) is 5.54. The Morgan fingerprint density at radius 2 is 2.38 bits per heavy atom. The predicted molar refractivity (Wildman–Crippen MR) is 88.2 cm³/mol. The van der Waals surface area contributed by atoms with Gasteiger partial charge < -0.3 is 16.0 Å². The largest absolute Gasteiger partial charge is 0.373 e. The van der Waals surface area contributed by atoms with Crippen LogP contribution in [0.3, 0.4) is 0 Å². The standard InChI is InChI=1S/C15H17FN5O2Si/c1-4-10-12(13(17)23)14(18-3)21(19-10)15(24)6-9(7-16)20(8-15)11(22)5-2/h1,5,9,18H,2,6-8H2,3H3,(H2,17,23)/t9-,15?/m1/s1. The molecule has 7 nitrogen and oxygen atoms in total. The minimum atomic E-state index is -0.937. The van der Waals surface area contributed by atoms with Crippen LogP contribution < -0.4 is 11.1 Å². The number of likely N-dealkylation sites (tertiary alicyclic amines) is 1. The number of nitrogens with one attached hydrogen (secondary N) is 1. The smallest absolute Gasteiger partial charge is 0.255 e. The second kappa shape index (κ2) is 6.49. The Morgan fingerprint density at radius 3 is 2.83 bits per heavy atom. The van der Waals surface area contributed by atoms with Gasteiger partial charge >= 0.3 is 0 Å². The molecule has 9 heteroatoms. The highest BCUT2D eigenvalue weighted by Gasteiger charge is 2.46. The van der Waals surface area contributed by atoms with E-state index in [1.807, 2.05) is 0 Å². The first-order valence-electron chi connectivity index (χ1n) is 7.14. The van der Waals surface area contributed by atoms with Crippen LogP contribution in [-0.2, 0) is 9.96 Å². The lowest BCUT2D eigenvalue weighted by Crippen LogP contribution is -2.41. The van der Waals surface area contributed by atoms with Gasteiger partial charge in [0.25, 0.3) is 5.91 Å². The number of terminal acetylenes is 1. The fraction of sp³-hybridized carbons (Fsp3) is 0.400. The van der Waals surface area contributed by atoms with Gasteiger partial charge in [0.2, 0.25) is 5.91 Å². The molecule has 0 bridgehead atoms. The van der Waals surface area contributed by atoms with Crippen molar-refractivity contribution in [3.8, 4) is 12.3 Å². The van der Waals surface area contributed by atoms with Crippen LogP contribution in [0.15, 0.2) is 12.7 Å². The summed E-state index contributed by atoms with van der Waals surface area (Å²) in [6.45, 7) is 2.84. The monoisotopic (exact) mass is 346 g/mol. The van der Waals surface area contributed by atoms with E-state index in [2.05, 4.69) is 33.2 Å². The first-order chi connectivity index (χ1) is 11.3. The number of carbonyl (C=O) groups is 2. The van der Waals surface area contributed by atoms with Gasteiger partial charge in [0.1, 0.15) is 23.7 Å². The molecule has 125 valence electrons. The van der Waals surface area contributed by atoms with Crippen molar-refractivity contribution in [3.05, 3.63) is 23.9 Å². The molecule has 1 aromatic rings. The van der Waals surface area contributed by atoms with Gasteiger partial charge in [-0.2, -0.15) is 5.10 Å². The number of nitrogens with zero attached hydrogens (tertiary/aromatic N) is 3. The lowest BCUT2D eigenvalue weighted by atomic mass is 10.1. The number of hydrogen-bond acceptors (Lipinski definition) is 4. The number of anilines is 1. The number of rotatable bonds is 5. The average molecular weight is 346 g/mol. The van der Waals surface area contributed by atoms with Crippen LogP contribution in [0.2, 0.25) is 0 Å². The lowest BCUT2D eigenvalue weighted by molar-refractivity contribution is -0.127. The van der Waals surface area contributed by atoms with E-state index in [4.69, 9.17) is 12.2 Å². The summed E-state index contributed by atoms with van der Waals surface area (Å²) >= 11 is 0. The number of hydrogen-bond donors (Lipinski definition) is 2. The lowest BCUT2D eigenvalue weighted by Gasteiger charge is -2.27. The Hall–Kier alpha value is -2.60. The minimum absolute atomic E-state index is 0.0721. The first kappa shape index (κ1) is 17.7. The SMILES string of the molecule is C#Cc1nn(C2([Si])C[C@H](CF)N(C(=O)C=C)C2)c(NC)c1C(N)=O.